The second-order valence-corrected chi connectivity index (χ2v) is 6.06. The molecule has 2 rings (SSSR count). The van der Waals surface area contributed by atoms with Crippen molar-refractivity contribution in [3.63, 3.8) is 0 Å². The van der Waals surface area contributed by atoms with Crippen LogP contribution in [0, 0.1) is 20.8 Å². The van der Waals surface area contributed by atoms with Crippen LogP contribution in [0.3, 0.4) is 0 Å². The number of aryl methyl sites for hydroxylation is 3. The highest BCUT2D eigenvalue weighted by Crippen LogP contribution is 2.16. The van der Waals surface area contributed by atoms with Crippen LogP contribution in [0.25, 0.3) is 0 Å². The van der Waals surface area contributed by atoms with Gasteiger partial charge in [-0.05, 0) is 38.8 Å². The molecule has 0 saturated heterocycles. The lowest BCUT2D eigenvalue weighted by Gasteiger charge is -2.22. The highest BCUT2D eigenvalue weighted by molar-refractivity contribution is 14.0. The molecule has 1 aromatic heterocycles. The second kappa shape index (κ2) is 11.1. The van der Waals surface area contributed by atoms with E-state index in [9.17, 15) is 0 Å². The van der Waals surface area contributed by atoms with Gasteiger partial charge in [0.15, 0.2) is 5.96 Å². The van der Waals surface area contributed by atoms with E-state index >= 15 is 0 Å². The number of aliphatic imine (C=N–C) groups is 1. The van der Waals surface area contributed by atoms with Crippen molar-refractivity contribution in [3.05, 3.63) is 46.8 Å². The summed E-state index contributed by atoms with van der Waals surface area (Å²) in [5.74, 6) is 2.66. The van der Waals surface area contributed by atoms with Gasteiger partial charge < -0.3 is 19.5 Å². The normalized spacial score (nSPS) is 11.0. The summed E-state index contributed by atoms with van der Waals surface area (Å²) >= 11 is 0. The predicted molar refractivity (Wildman–Crippen MR) is 116 cm³/mol. The molecule has 0 radical (unpaired) electrons. The van der Waals surface area contributed by atoms with Gasteiger partial charge in [0.1, 0.15) is 18.1 Å². The van der Waals surface area contributed by atoms with Crippen molar-refractivity contribution in [3.8, 4) is 5.75 Å². The van der Waals surface area contributed by atoms with Crippen LogP contribution in [0.4, 0.5) is 0 Å². The Morgan fingerprint density at radius 2 is 2.00 bits per heavy atom. The molecule has 6 nitrogen and oxygen atoms in total. The summed E-state index contributed by atoms with van der Waals surface area (Å²) < 4.78 is 11.0. The quantitative estimate of drug-likeness (QED) is 0.381. The van der Waals surface area contributed by atoms with Crippen molar-refractivity contribution in [2.75, 3.05) is 33.8 Å². The van der Waals surface area contributed by atoms with Crippen molar-refractivity contribution in [2.45, 2.75) is 27.2 Å². The molecule has 0 fully saturated rings. The first-order chi connectivity index (χ1) is 12.0. The van der Waals surface area contributed by atoms with Gasteiger partial charge in [0, 0.05) is 26.2 Å². The molecule has 1 heterocycles. The van der Waals surface area contributed by atoms with Gasteiger partial charge in [-0.2, -0.15) is 0 Å². The summed E-state index contributed by atoms with van der Waals surface area (Å²) in [6, 6.07) is 8.04. The zero-order valence-electron chi connectivity index (χ0n) is 16.2. The molecule has 1 N–H and O–H groups in total. The van der Waals surface area contributed by atoms with Gasteiger partial charge in [0.2, 0.25) is 0 Å². The molecule has 0 saturated carbocycles. The van der Waals surface area contributed by atoms with Crippen molar-refractivity contribution in [1.82, 2.24) is 15.4 Å². The number of halogens is 1. The summed E-state index contributed by atoms with van der Waals surface area (Å²) in [6.45, 7) is 8.09. The van der Waals surface area contributed by atoms with Crippen LogP contribution < -0.4 is 10.1 Å². The molecule has 144 valence electrons. The highest BCUT2D eigenvalue weighted by Gasteiger charge is 2.10. The minimum absolute atomic E-state index is 0. The van der Waals surface area contributed by atoms with Crippen molar-refractivity contribution in [2.24, 2.45) is 4.99 Å². The first-order valence-corrected chi connectivity index (χ1v) is 8.55. The second-order valence-electron chi connectivity index (χ2n) is 6.06. The van der Waals surface area contributed by atoms with Crippen LogP contribution in [-0.2, 0) is 6.42 Å². The van der Waals surface area contributed by atoms with Crippen LogP contribution in [-0.4, -0.2) is 49.8 Å². The number of para-hydroxylation sites is 1. The Balaban J connectivity index is 0.00000338. The Morgan fingerprint density at radius 3 is 2.62 bits per heavy atom. The molecule has 1 aromatic carbocycles. The van der Waals surface area contributed by atoms with Gasteiger partial charge in [-0.1, -0.05) is 23.4 Å². The average Bonchev–Trinajstić information content (AvgIpc) is 2.92. The van der Waals surface area contributed by atoms with Crippen LogP contribution >= 0.6 is 24.0 Å². The third-order valence-corrected chi connectivity index (χ3v) is 4.19. The minimum atomic E-state index is 0. The number of benzene rings is 1. The van der Waals surface area contributed by atoms with Crippen molar-refractivity contribution < 1.29 is 9.26 Å². The van der Waals surface area contributed by atoms with E-state index < -0.39 is 0 Å². The summed E-state index contributed by atoms with van der Waals surface area (Å²) in [5.41, 5.74) is 3.26. The smallest absolute Gasteiger partial charge is 0.193 e. The molecule has 0 amide bonds. The van der Waals surface area contributed by atoms with Gasteiger partial charge >= 0.3 is 0 Å². The first kappa shape index (κ1) is 22.3. The van der Waals surface area contributed by atoms with E-state index in [4.69, 9.17) is 9.26 Å². The molecule has 0 spiro atoms. The Bertz CT molecular complexity index is 696. The van der Waals surface area contributed by atoms with Gasteiger partial charge in [0.05, 0.1) is 12.2 Å². The standard InChI is InChI=1S/C19H28N4O2.HI/c1-14-8-6-7-9-18(14)24-13-12-23(5)19(20-4)21-11-10-17-15(2)22-25-16(17)3;/h6-9H,10-13H2,1-5H3,(H,20,21);1H. The molecule has 2 aromatic rings. The highest BCUT2D eigenvalue weighted by atomic mass is 127. The number of rotatable bonds is 7. The molecular weight excluding hydrogens is 443 g/mol. The molecule has 7 heteroatoms. The third-order valence-electron chi connectivity index (χ3n) is 4.19. The summed E-state index contributed by atoms with van der Waals surface area (Å²) in [5, 5.41) is 7.36. The minimum Gasteiger partial charge on any atom is -0.491 e. The lowest BCUT2D eigenvalue weighted by Crippen LogP contribution is -2.41. The van der Waals surface area contributed by atoms with Crippen LogP contribution in [0.5, 0.6) is 5.75 Å². The van der Waals surface area contributed by atoms with Crippen LogP contribution in [0.1, 0.15) is 22.6 Å². The van der Waals surface area contributed by atoms with Crippen LogP contribution in [0.2, 0.25) is 0 Å². The monoisotopic (exact) mass is 472 g/mol. The Labute approximate surface area is 173 Å². The van der Waals surface area contributed by atoms with E-state index in [2.05, 4.69) is 20.4 Å². The van der Waals surface area contributed by atoms with E-state index in [1.807, 2.05) is 52.1 Å². The molecule has 0 bridgehead atoms. The number of nitrogens with zero attached hydrogens (tertiary/aromatic N) is 3. The maximum atomic E-state index is 5.85. The summed E-state index contributed by atoms with van der Waals surface area (Å²) in [4.78, 5) is 6.39. The topological polar surface area (TPSA) is 62.9 Å². The summed E-state index contributed by atoms with van der Waals surface area (Å²) in [6.07, 6.45) is 0.855. The van der Waals surface area contributed by atoms with E-state index in [1.165, 1.54) is 0 Å². The van der Waals surface area contributed by atoms with Crippen molar-refractivity contribution in [1.29, 1.82) is 0 Å². The van der Waals surface area contributed by atoms with E-state index in [-0.39, 0.29) is 24.0 Å². The van der Waals surface area contributed by atoms with Gasteiger partial charge in [-0.25, -0.2) is 0 Å². The van der Waals surface area contributed by atoms with E-state index in [0.29, 0.717) is 6.61 Å². The molecule has 0 unspecified atom stereocenters. The van der Waals surface area contributed by atoms with Crippen LogP contribution in [0.15, 0.2) is 33.8 Å². The largest absolute Gasteiger partial charge is 0.491 e. The number of guanidine groups is 1. The van der Waals surface area contributed by atoms with Gasteiger partial charge in [-0.15, -0.1) is 24.0 Å². The van der Waals surface area contributed by atoms with E-state index in [0.717, 1.165) is 53.8 Å². The fraction of sp³-hybridized carbons (Fsp3) is 0.474. The number of likely N-dealkylation sites (N-methyl/N-ethyl adjacent to an activating group) is 1. The van der Waals surface area contributed by atoms with E-state index in [1.54, 1.807) is 7.05 Å². The Morgan fingerprint density at radius 1 is 1.27 bits per heavy atom. The maximum absolute atomic E-state index is 5.85. The number of ether oxygens (including phenoxy) is 1. The molecule has 0 aliphatic carbocycles. The molecule has 0 aliphatic heterocycles. The SMILES string of the molecule is CN=C(NCCc1c(C)noc1C)N(C)CCOc1ccccc1C.I. The first-order valence-electron chi connectivity index (χ1n) is 8.55. The van der Waals surface area contributed by atoms with Gasteiger partial charge in [-0.3, -0.25) is 4.99 Å². The third kappa shape index (κ3) is 6.19. The fourth-order valence-electron chi connectivity index (χ4n) is 2.66. The zero-order chi connectivity index (χ0) is 18.2. The van der Waals surface area contributed by atoms with Gasteiger partial charge in [0.25, 0.3) is 0 Å². The summed E-state index contributed by atoms with van der Waals surface area (Å²) in [7, 11) is 3.80. The number of hydrogen-bond acceptors (Lipinski definition) is 4. The zero-order valence-corrected chi connectivity index (χ0v) is 18.5. The number of nitrogens with one attached hydrogen (secondary N) is 1. The average molecular weight is 472 g/mol. The predicted octanol–water partition coefficient (Wildman–Crippen LogP) is 3.35. The fourth-order valence-corrected chi connectivity index (χ4v) is 2.66. The number of hydrogen-bond donors (Lipinski definition) is 1. The molecular formula is C19H29IN4O2. The number of aromatic nitrogens is 1. The Kier molecular flexibility index (Phi) is 9.47. The Hall–Kier alpha value is -1.77. The van der Waals surface area contributed by atoms with Crippen molar-refractivity contribution >= 4 is 29.9 Å². The molecule has 26 heavy (non-hydrogen) atoms. The lowest BCUT2D eigenvalue weighted by atomic mass is 10.1. The maximum Gasteiger partial charge on any atom is 0.193 e. The lowest BCUT2D eigenvalue weighted by molar-refractivity contribution is 0.280. The molecule has 0 aliphatic rings. The molecule has 0 atom stereocenters.